The third-order valence-corrected chi connectivity index (χ3v) is 14.4. The van der Waals surface area contributed by atoms with Gasteiger partial charge in [0.1, 0.15) is 0 Å². The van der Waals surface area contributed by atoms with Crippen molar-refractivity contribution in [1.82, 2.24) is 0 Å². The van der Waals surface area contributed by atoms with Crippen molar-refractivity contribution in [3.8, 4) is 44.5 Å². The molecule has 0 bridgehead atoms. The minimum absolute atomic E-state index is 0.00503. The van der Waals surface area contributed by atoms with Crippen LogP contribution in [0, 0.1) is 0 Å². The van der Waals surface area contributed by atoms with Gasteiger partial charge in [0.2, 0.25) is 0 Å². The van der Waals surface area contributed by atoms with Crippen molar-refractivity contribution in [3.63, 3.8) is 0 Å². The molecule has 328 valence electrons. The summed E-state index contributed by atoms with van der Waals surface area (Å²) in [5, 5.41) is 0. The van der Waals surface area contributed by atoms with Crippen molar-refractivity contribution in [2.24, 2.45) is 0 Å². The van der Waals surface area contributed by atoms with Crippen LogP contribution in [0.5, 0.6) is 0 Å². The van der Waals surface area contributed by atoms with Crippen LogP contribution in [0.3, 0.4) is 0 Å². The highest BCUT2D eigenvalue weighted by molar-refractivity contribution is 5.87. The molecule has 1 heteroatoms. The molecule has 64 heavy (non-hydrogen) atoms. The SMILES string of the molecule is CCCCCCCCC1(CCCCCCCC)c2cc(-c3ccccc3)ccc2-c2ccc(-c3ccc(N(c4ccc(-c5ccccc5)cc4)c4ccc(C(C)CC)cc4)cc3)cc21. The van der Waals surface area contributed by atoms with Gasteiger partial charge in [0, 0.05) is 22.5 Å². The summed E-state index contributed by atoms with van der Waals surface area (Å²) in [6, 6.07) is 64.3. The maximum atomic E-state index is 2.61. The van der Waals surface area contributed by atoms with Gasteiger partial charge in [-0.25, -0.2) is 0 Å². The number of rotatable bonds is 22. The summed E-state index contributed by atoms with van der Waals surface area (Å²) in [7, 11) is 0. The fraction of sp³-hybridized carbons (Fsp3) is 0.333. The zero-order valence-corrected chi connectivity index (χ0v) is 39.3. The molecule has 7 aromatic carbocycles. The Morgan fingerprint density at radius 3 is 1.17 bits per heavy atom. The van der Waals surface area contributed by atoms with E-state index in [0.29, 0.717) is 5.92 Å². The lowest BCUT2D eigenvalue weighted by molar-refractivity contribution is 0.398. The van der Waals surface area contributed by atoms with E-state index in [-0.39, 0.29) is 5.41 Å². The molecule has 1 atom stereocenters. The summed E-state index contributed by atoms with van der Waals surface area (Å²) in [6.07, 6.45) is 19.4. The number of fused-ring (bicyclic) bond motifs is 3. The number of benzene rings is 7. The Balaban J connectivity index is 1.16. The van der Waals surface area contributed by atoms with E-state index < -0.39 is 0 Å². The van der Waals surface area contributed by atoms with Crippen molar-refractivity contribution in [3.05, 3.63) is 187 Å². The first-order valence-corrected chi connectivity index (χ1v) is 25.0. The number of anilines is 3. The molecule has 0 radical (unpaired) electrons. The van der Waals surface area contributed by atoms with Gasteiger partial charge >= 0.3 is 0 Å². The Bertz CT molecular complexity index is 2480. The second-order valence-electron chi connectivity index (χ2n) is 18.7. The van der Waals surface area contributed by atoms with Crippen LogP contribution in [-0.4, -0.2) is 0 Å². The Morgan fingerprint density at radius 2 is 0.734 bits per heavy atom. The third kappa shape index (κ3) is 10.2. The molecule has 0 spiro atoms. The molecule has 0 aliphatic heterocycles. The molecular formula is C63H71N. The summed E-state index contributed by atoms with van der Waals surface area (Å²) >= 11 is 0. The first kappa shape index (κ1) is 44.9. The Kier molecular flexibility index (Phi) is 15.3. The van der Waals surface area contributed by atoms with Crippen LogP contribution in [0.15, 0.2) is 170 Å². The van der Waals surface area contributed by atoms with E-state index in [1.54, 1.807) is 11.1 Å². The van der Waals surface area contributed by atoms with Crippen LogP contribution in [0.2, 0.25) is 0 Å². The maximum absolute atomic E-state index is 2.61. The van der Waals surface area contributed by atoms with Crippen LogP contribution in [0.1, 0.15) is 147 Å². The fourth-order valence-electron chi connectivity index (χ4n) is 10.4. The van der Waals surface area contributed by atoms with Crippen molar-refractivity contribution in [2.75, 3.05) is 4.90 Å². The van der Waals surface area contributed by atoms with Gasteiger partial charge in [-0.1, -0.05) is 226 Å². The van der Waals surface area contributed by atoms with E-state index in [1.807, 2.05) is 0 Å². The molecule has 0 N–H and O–H groups in total. The molecule has 7 aromatic rings. The van der Waals surface area contributed by atoms with Crippen LogP contribution < -0.4 is 4.90 Å². The van der Waals surface area contributed by atoms with Gasteiger partial charge in [0.05, 0.1) is 0 Å². The van der Waals surface area contributed by atoms with E-state index in [4.69, 9.17) is 0 Å². The molecule has 1 nitrogen and oxygen atoms in total. The van der Waals surface area contributed by atoms with Gasteiger partial charge in [-0.2, -0.15) is 0 Å². The average molecular weight is 842 g/mol. The molecule has 1 unspecified atom stereocenters. The monoisotopic (exact) mass is 842 g/mol. The molecule has 0 aromatic heterocycles. The van der Waals surface area contributed by atoms with Gasteiger partial charge in [-0.05, 0) is 135 Å². The molecule has 0 saturated heterocycles. The molecule has 0 heterocycles. The second-order valence-corrected chi connectivity index (χ2v) is 18.7. The summed E-state index contributed by atoms with van der Waals surface area (Å²) in [5.41, 5.74) is 18.6. The molecule has 0 saturated carbocycles. The second kappa shape index (κ2) is 21.8. The maximum Gasteiger partial charge on any atom is 0.0462 e. The Hall–Kier alpha value is -5.66. The van der Waals surface area contributed by atoms with E-state index in [1.165, 1.54) is 146 Å². The lowest BCUT2D eigenvalue weighted by Crippen LogP contribution is -2.25. The first-order chi connectivity index (χ1) is 31.5. The van der Waals surface area contributed by atoms with Gasteiger partial charge in [-0.3, -0.25) is 0 Å². The summed E-state index contributed by atoms with van der Waals surface area (Å²) < 4.78 is 0. The van der Waals surface area contributed by atoms with Crippen molar-refractivity contribution < 1.29 is 0 Å². The Morgan fingerprint density at radius 1 is 0.375 bits per heavy atom. The van der Waals surface area contributed by atoms with Crippen LogP contribution in [-0.2, 0) is 5.41 Å². The van der Waals surface area contributed by atoms with Gasteiger partial charge < -0.3 is 4.90 Å². The minimum Gasteiger partial charge on any atom is -0.311 e. The average Bonchev–Trinajstić information content (AvgIpc) is 3.62. The molecular weight excluding hydrogens is 771 g/mol. The normalized spacial score (nSPS) is 13.1. The van der Waals surface area contributed by atoms with Gasteiger partial charge in [-0.15, -0.1) is 0 Å². The zero-order chi connectivity index (χ0) is 44.1. The number of nitrogens with zero attached hydrogens (tertiary/aromatic N) is 1. The topological polar surface area (TPSA) is 3.24 Å². The first-order valence-electron chi connectivity index (χ1n) is 25.0. The quantitative estimate of drug-likeness (QED) is 0.0615. The number of hydrogen-bond donors (Lipinski definition) is 0. The summed E-state index contributed by atoms with van der Waals surface area (Å²) in [4.78, 5) is 2.41. The molecule has 0 amide bonds. The molecule has 0 fully saturated rings. The number of unbranched alkanes of at least 4 members (excludes halogenated alkanes) is 10. The summed E-state index contributed by atoms with van der Waals surface area (Å²) in [6.45, 7) is 9.24. The van der Waals surface area contributed by atoms with E-state index >= 15 is 0 Å². The van der Waals surface area contributed by atoms with Crippen molar-refractivity contribution in [2.45, 2.75) is 135 Å². The van der Waals surface area contributed by atoms with Crippen LogP contribution >= 0.6 is 0 Å². The van der Waals surface area contributed by atoms with Crippen LogP contribution in [0.25, 0.3) is 44.5 Å². The molecule has 1 aliphatic rings. The van der Waals surface area contributed by atoms with Crippen LogP contribution in [0.4, 0.5) is 17.1 Å². The fourth-order valence-corrected chi connectivity index (χ4v) is 10.4. The highest BCUT2D eigenvalue weighted by Crippen LogP contribution is 2.56. The third-order valence-electron chi connectivity index (χ3n) is 14.4. The van der Waals surface area contributed by atoms with Gasteiger partial charge in [0.25, 0.3) is 0 Å². The minimum atomic E-state index is 0.00503. The summed E-state index contributed by atoms with van der Waals surface area (Å²) in [5.74, 6) is 0.535. The standard InChI is InChI=1S/C63H71N/c1-5-8-10-12-14-22-44-63(45-23-15-13-11-9-6-2)61-46-54(51-26-20-17-21-27-51)34-42-59(61)60-43-35-55(47-62(60)63)53-32-40-58(41-33-53)64(56-36-28-49(29-37-56)48(4)7-3)57-38-30-52(31-39-57)50-24-18-16-19-25-50/h16-21,24-43,46-48H,5-15,22-23,44-45H2,1-4H3. The lowest BCUT2D eigenvalue weighted by Gasteiger charge is -2.33. The molecule has 1 aliphatic carbocycles. The Labute approximate surface area is 386 Å². The molecule has 8 rings (SSSR count). The highest BCUT2D eigenvalue weighted by atomic mass is 15.1. The largest absolute Gasteiger partial charge is 0.311 e. The van der Waals surface area contributed by atoms with E-state index in [2.05, 4.69) is 202 Å². The zero-order valence-electron chi connectivity index (χ0n) is 39.3. The predicted molar refractivity (Wildman–Crippen MR) is 278 cm³/mol. The smallest absolute Gasteiger partial charge is 0.0462 e. The lowest BCUT2D eigenvalue weighted by atomic mass is 9.70. The number of hydrogen-bond acceptors (Lipinski definition) is 1. The van der Waals surface area contributed by atoms with E-state index in [9.17, 15) is 0 Å². The van der Waals surface area contributed by atoms with E-state index in [0.717, 1.165) is 17.8 Å². The van der Waals surface area contributed by atoms with Gasteiger partial charge in [0.15, 0.2) is 0 Å². The van der Waals surface area contributed by atoms with Crippen molar-refractivity contribution >= 4 is 17.1 Å². The predicted octanol–water partition coefficient (Wildman–Crippen LogP) is 19.4. The van der Waals surface area contributed by atoms with Crippen molar-refractivity contribution in [1.29, 1.82) is 0 Å². The highest BCUT2D eigenvalue weighted by Gasteiger charge is 2.42.